The quantitative estimate of drug-likeness (QED) is 0.708. The standard InChI is InChI=1S/C13H17IN2S/c1-12-3-8-2-9(4-12)6-13(5-8,7-12)10-15-11(14)16-17-10/h8-9H,2-7H2,1H3. The summed E-state index contributed by atoms with van der Waals surface area (Å²) in [5.74, 6) is 1.95. The highest BCUT2D eigenvalue weighted by molar-refractivity contribution is 14.1. The lowest BCUT2D eigenvalue weighted by molar-refractivity contribution is -0.0616. The Morgan fingerprint density at radius 2 is 1.94 bits per heavy atom. The van der Waals surface area contributed by atoms with Crippen LogP contribution in [0.5, 0.6) is 0 Å². The Hall–Kier alpha value is 0.290. The van der Waals surface area contributed by atoms with Crippen molar-refractivity contribution in [2.24, 2.45) is 17.3 Å². The Morgan fingerprint density at radius 1 is 1.24 bits per heavy atom. The first-order valence-electron chi connectivity index (χ1n) is 6.57. The van der Waals surface area contributed by atoms with Gasteiger partial charge in [0.25, 0.3) is 0 Å². The van der Waals surface area contributed by atoms with Gasteiger partial charge in [0.05, 0.1) is 0 Å². The number of halogens is 1. The van der Waals surface area contributed by atoms with Crippen LogP contribution in [0, 0.1) is 21.1 Å². The molecule has 4 heteroatoms. The number of hydrogen-bond acceptors (Lipinski definition) is 3. The third-order valence-electron chi connectivity index (χ3n) is 5.21. The summed E-state index contributed by atoms with van der Waals surface area (Å²) in [4.78, 5) is 4.73. The summed E-state index contributed by atoms with van der Waals surface area (Å²) in [6.07, 6.45) is 8.60. The van der Waals surface area contributed by atoms with Crippen LogP contribution in [0.3, 0.4) is 0 Å². The van der Waals surface area contributed by atoms with Crippen LogP contribution in [0.2, 0.25) is 0 Å². The largest absolute Gasteiger partial charge is 0.214 e. The molecule has 0 spiro atoms. The fourth-order valence-electron chi connectivity index (χ4n) is 5.39. The van der Waals surface area contributed by atoms with Crippen LogP contribution >= 0.6 is 34.1 Å². The van der Waals surface area contributed by atoms with Gasteiger partial charge in [-0.25, -0.2) is 4.98 Å². The average molecular weight is 360 g/mol. The molecular weight excluding hydrogens is 343 g/mol. The molecule has 1 heterocycles. The molecule has 4 aliphatic carbocycles. The molecule has 0 radical (unpaired) electrons. The van der Waals surface area contributed by atoms with Crippen molar-refractivity contribution in [3.63, 3.8) is 0 Å². The number of aromatic nitrogens is 2. The van der Waals surface area contributed by atoms with Crippen LogP contribution in [0.4, 0.5) is 0 Å². The van der Waals surface area contributed by atoms with E-state index in [0.717, 1.165) is 15.7 Å². The topological polar surface area (TPSA) is 25.8 Å². The normalized spacial score (nSPS) is 47.6. The molecule has 4 aliphatic rings. The SMILES string of the molecule is CC12CC3CC(C1)CC(c1nc(I)ns1)(C3)C2. The smallest absolute Gasteiger partial charge is 0.203 e. The fraction of sp³-hybridized carbons (Fsp3) is 0.846. The Labute approximate surface area is 120 Å². The summed E-state index contributed by atoms with van der Waals surface area (Å²) in [6, 6.07) is 0. The van der Waals surface area contributed by atoms with E-state index in [1.807, 2.05) is 0 Å². The second-order valence-electron chi connectivity index (χ2n) is 6.92. The van der Waals surface area contributed by atoms with E-state index in [1.54, 1.807) is 11.5 Å². The summed E-state index contributed by atoms with van der Waals surface area (Å²) in [7, 11) is 0. The summed E-state index contributed by atoms with van der Waals surface area (Å²) in [5, 5.41) is 1.35. The van der Waals surface area contributed by atoms with E-state index in [-0.39, 0.29) is 0 Å². The van der Waals surface area contributed by atoms with E-state index in [0.29, 0.717) is 10.8 Å². The maximum Gasteiger partial charge on any atom is 0.203 e. The Balaban J connectivity index is 1.79. The minimum absolute atomic E-state index is 0.417. The van der Waals surface area contributed by atoms with E-state index in [2.05, 4.69) is 33.9 Å². The molecule has 1 aromatic rings. The zero-order valence-corrected chi connectivity index (χ0v) is 13.1. The molecular formula is C13H17IN2S. The predicted molar refractivity (Wildman–Crippen MR) is 77.1 cm³/mol. The maximum absolute atomic E-state index is 4.73. The van der Waals surface area contributed by atoms with Gasteiger partial charge in [-0.3, -0.25) is 0 Å². The maximum atomic E-state index is 4.73. The lowest BCUT2D eigenvalue weighted by atomic mass is 9.45. The highest BCUT2D eigenvalue weighted by atomic mass is 127. The van der Waals surface area contributed by atoms with Crippen LogP contribution in [0.1, 0.15) is 50.5 Å². The van der Waals surface area contributed by atoms with Gasteiger partial charge in [0.15, 0.2) is 0 Å². The van der Waals surface area contributed by atoms with Crippen molar-refractivity contribution in [1.29, 1.82) is 0 Å². The predicted octanol–water partition coefficient (Wildman–Crippen LogP) is 4.00. The molecule has 4 fully saturated rings. The molecule has 0 aromatic carbocycles. The van der Waals surface area contributed by atoms with Crippen LogP contribution < -0.4 is 0 Å². The van der Waals surface area contributed by atoms with Crippen LogP contribution in [0.15, 0.2) is 0 Å². The highest BCUT2D eigenvalue weighted by Gasteiger charge is 2.57. The van der Waals surface area contributed by atoms with Crippen molar-refractivity contribution in [3.05, 3.63) is 8.84 Å². The molecule has 17 heavy (non-hydrogen) atoms. The van der Waals surface area contributed by atoms with Gasteiger partial charge >= 0.3 is 0 Å². The molecule has 0 aliphatic heterocycles. The van der Waals surface area contributed by atoms with Gasteiger partial charge in [-0.2, -0.15) is 4.37 Å². The molecule has 92 valence electrons. The van der Waals surface area contributed by atoms with Gasteiger partial charge in [0.1, 0.15) is 5.01 Å². The zero-order valence-electron chi connectivity index (χ0n) is 10.1. The van der Waals surface area contributed by atoms with Crippen molar-refractivity contribution >= 4 is 34.1 Å². The molecule has 5 rings (SSSR count). The molecule has 0 amide bonds. The van der Waals surface area contributed by atoms with Crippen molar-refractivity contribution in [3.8, 4) is 0 Å². The van der Waals surface area contributed by atoms with E-state index in [9.17, 15) is 0 Å². The second-order valence-corrected chi connectivity index (χ2v) is 8.64. The van der Waals surface area contributed by atoms with Crippen LogP contribution in [-0.4, -0.2) is 9.36 Å². The lowest BCUT2D eigenvalue weighted by Crippen LogP contribution is -2.52. The fourth-order valence-corrected chi connectivity index (χ4v) is 6.85. The summed E-state index contributed by atoms with van der Waals surface area (Å²) >= 11 is 3.92. The van der Waals surface area contributed by atoms with E-state index < -0.39 is 0 Å². The monoisotopic (exact) mass is 360 g/mol. The minimum atomic E-state index is 0.417. The van der Waals surface area contributed by atoms with Gasteiger partial charge < -0.3 is 0 Å². The second kappa shape index (κ2) is 3.44. The van der Waals surface area contributed by atoms with Crippen LogP contribution in [-0.2, 0) is 5.41 Å². The van der Waals surface area contributed by atoms with Gasteiger partial charge in [0.2, 0.25) is 3.83 Å². The molecule has 2 atom stereocenters. The molecule has 2 nitrogen and oxygen atoms in total. The number of hydrogen-bond donors (Lipinski definition) is 0. The third-order valence-corrected chi connectivity index (χ3v) is 6.98. The van der Waals surface area contributed by atoms with Crippen molar-refractivity contribution < 1.29 is 0 Å². The number of nitrogens with zero attached hydrogens (tertiary/aromatic N) is 2. The first-order chi connectivity index (χ1) is 8.07. The van der Waals surface area contributed by atoms with Crippen molar-refractivity contribution in [2.75, 3.05) is 0 Å². The zero-order chi connectivity index (χ0) is 11.7. The summed E-state index contributed by atoms with van der Waals surface area (Å²) in [6.45, 7) is 2.52. The molecule has 4 saturated carbocycles. The Kier molecular flexibility index (Phi) is 2.25. The molecule has 4 bridgehead atoms. The van der Waals surface area contributed by atoms with Crippen LogP contribution in [0.25, 0.3) is 0 Å². The van der Waals surface area contributed by atoms with Gasteiger partial charge in [-0.15, -0.1) is 0 Å². The van der Waals surface area contributed by atoms with Crippen molar-refractivity contribution in [1.82, 2.24) is 9.36 Å². The summed E-state index contributed by atoms with van der Waals surface area (Å²) < 4.78 is 5.36. The Bertz CT molecular complexity index is 456. The average Bonchev–Trinajstić information content (AvgIpc) is 2.61. The Morgan fingerprint density at radius 3 is 2.47 bits per heavy atom. The first-order valence-corrected chi connectivity index (χ1v) is 8.42. The number of rotatable bonds is 1. The van der Waals surface area contributed by atoms with Gasteiger partial charge in [-0.1, -0.05) is 6.92 Å². The van der Waals surface area contributed by atoms with E-state index >= 15 is 0 Å². The molecule has 2 unspecified atom stereocenters. The van der Waals surface area contributed by atoms with Gasteiger partial charge in [0, 0.05) is 28.0 Å². The van der Waals surface area contributed by atoms with E-state index in [1.165, 1.54) is 43.5 Å². The first kappa shape index (κ1) is 11.1. The lowest BCUT2D eigenvalue weighted by Gasteiger charge is -2.60. The third kappa shape index (κ3) is 1.62. The summed E-state index contributed by atoms with van der Waals surface area (Å²) in [5.41, 5.74) is 1.03. The molecule has 0 saturated heterocycles. The van der Waals surface area contributed by atoms with E-state index in [4.69, 9.17) is 4.98 Å². The minimum Gasteiger partial charge on any atom is -0.214 e. The van der Waals surface area contributed by atoms with Crippen molar-refractivity contribution in [2.45, 2.75) is 50.9 Å². The van der Waals surface area contributed by atoms with Gasteiger partial charge in [-0.05, 0) is 67.3 Å². The highest BCUT2D eigenvalue weighted by Crippen LogP contribution is 2.65. The molecule has 0 N–H and O–H groups in total. The molecule has 1 aromatic heterocycles.